The third-order valence-electron chi connectivity index (χ3n) is 2.10. The lowest BCUT2D eigenvalue weighted by molar-refractivity contribution is 0.420. The molecule has 66 valence electrons. The second-order valence-corrected chi connectivity index (χ2v) is 3.15. The molecule has 0 saturated carbocycles. The molecule has 1 aliphatic heterocycles. The highest BCUT2D eigenvalue weighted by Crippen LogP contribution is 2.25. The molecule has 0 fully saturated rings. The number of hydrogen-bond acceptors (Lipinski definition) is 2. The van der Waals surface area contributed by atoms with Crippen molar-refractivity contribution in [3.05, 3.63) is 47.9 Å². The van der Waals surface area contributed by atoms with Crippen molar-refractivity contribution in [3.63, 3.8) is 0 Å². The van der Waals surface area contributed by atoms with E-state index in [0.717, 1.165) is 11.4 Å². The van der Waals surface area contributed by atoms with Gasteiger partial charge >= 0.3 is 0 Å². The van der Waals surface area contributed by atoms with Crippen molar-refractivity contribution >= 4 is 5.71 Å². The van der Waals surface area contributed by atoms with E-state index in [9.17, 15) is 5.11 Å². The van der Waals surface area contributed by atoms with E-state index in [1.807, 2.05) is 37.3 Å². The molecule has 1 atom stereocenters. The fraction of sp³-hybridized carbons (Fsp3) is 0.182. The van der Waals surface area contributed by atoms with E-state index in [1.165, 1.54) is 0 Å². The van der Waals surface area contributed by atoms with Gasteiger partial charge in [0.1, 0.15) is 5.76 Å². The molecule has 2 rings (SSSR count). The Morgan fingerprint density at radius 3 is 2.92 bits per heavy atom. The Hall–Kier alpha value is -1.57. The molecule has 0 radical (unpaired) electrons. The lowest BCUT2D eigenvalue weighted by Crippen LogP contribution is -2.05. The van der Waals surface area contributed by atoms with Gasteiger partial charge in [-0.1, -0.05) is 24.3 Å². The largest absolute Gasteiger partial charge is 0.506 e. The van der Waals surface area contributed by atoms with Crippen LogP contribution in [0.25, 0.3) is 0 Å². The predicted octanol–water partition coefficient (Wildman–Crippen LogP) is 2.53. The highest BCUT2D eigenvalue weighted by atomic mass is 16.3. The normalized spacial score (nSPS) is 25.6. The van der Waals surface area contributed by atoms with Crippen molar-refractivity contribution in [1.29, 1.82) is 0 Å². The first-order valence-corrected chi connectivity index (χ1v) is 4.29. The number of dihydropyridines is 1. The van der Waals surface area contributed by atoms with Gasteiger partial charge in [-0.25, -0.2) is 0 Å². The lowest BCUT2D eigenvalue weighted by Gasteiger charge is -2.13. The minimum atomic E-state index is 0.124. The predicted molar refractivity (Wildman–Crippen MR) is 53.7 cm³/mol. The number of aliphatic hydroxyl groups excluding tert-OH is 1. The molecule has 1 unspecified atom stereocenters. The quantitative estimate of drug-likeness (QED) is 0.599. The van der Waals surface area contributed by atoms with Crippen molar-refractivity contribution in [2.75, 3.05) is 0 Å². The summed E-state index contributed by atoms with van der Waals surface area (Å²) in [6.45, 7) is 1.92. The molecule has 13 heavy (non-hydrogen) atoms. The molecule has 2 aliphatic rings. The van der Waals surface area contributed by atoms with Crippen LogP contribution in [0, 0.1) is 5.92 Å². The molecule has 0 amide bonds. The highest BCUT2D eigenvalue weighted by molar-refractivity contribution is 5.94. The molecule has 1 N–H and O–H groups in total. The Balaban J connectivity index is 2.49. The fourth-order valence-electron chi connectivity index (χ4n) is 1.44. The zero-order chi connectivity index (χ0) is 9.26. The van der Waals surface area contributed by atoms with Gasteiger partial charge in [-0.2, -0.15) is 0 Å². The summed E-state index contributed by atoms with van der Waals surface area (Å²) in [6.07, 6.45) is 11.4. The van der Waals surface area contributed by atoms with Crippen LogP contribution in [0.4, 0.5) is 0 Å². The monoisotopic (exact) mass is 173 g/mol. The van der Waals surface area contributed by atoms with Gasteiger partial charge in [0.05, 0.1) is 5.70 Å². The van der Waals surface area contributed by atoms with Crippen LogP contribution in [0.3, 0.4) is 0 Å². The number of aliphatic hydroxyl groups is 1. The summed E-state index contributed by atoms with van der Waals surface area (Å²) in [7, 11) is 0. The minimum absolute atomic E-state index is 0.124. The number of fused-ring (bicyclic) bond motifs is 1. The molecule has 1 aliphatic carbocycles. The van der Waals surface area contributed by atoms with Crippen LogP contribution in [0.5, 0.6) is 0 Å². The molecule has 2 nitrogen and oxygen atoms in total. The van der Waals surface area contributed by atoms with Crippen molar-refractivity contribution in [2.45, 2.75) is 6.92 Å². The number of hydrogen-bond donors (Lipinski definition) is 1. The number of nitrogens with zero attached hydrogens (tertiary/aromatic N) is 1. The Bertz CT molecular complexity index is 370. The number of aliphatic imine (C=N–C) groups is 1. The van der Waals surface area contributed by atoms with Gasteiger partial charge in [0.15, 0.2) is 0 Å². The van der Waals surface area contributed by atoms with E-state index in [-0.39, 0.29) is 11.7 Å². The van der Waals surface area contributed by atoms with Crippen LogP contribution >= 0.6 is 0 Å². The molecule has 1 heterocycles. The SMILES string of the molecule is CC1=NC2=C(O)C=CC=CC2C=C1. The van der Waals surface area contributed by atoms with Gasteiger partial charge < -0.3 is 5.11 Å². The van der Waals surface area contributed by atoms with E-state index in [0.29, 0.717) is 0 Å². The Morgan fingerprint density at radius 1 is 1.23 bits per heavy atom. The first kappa shape index (κ1) is 8.05. The van der Waals surface area contributed by atoms with Crippen LogP contribution in [0.15, 0.2) is 52.9 Å². The maximum Gasteiger partial charge on any atom is 0.137 e. The van der Waals surface area contributed by atoms with Crippen LogP contribution in [-0.2, 0) is 0 Å². The zero-order valence-electron chi connectivity index (χ0n) is 7.44. The topological polar surface area (TPSA) is 32.6 Å². The van der Waals surface area contributed by atoms with Crippen molar-refractivity contribution in [3.8, 4) is 0 Å². The van der Waals surface area contributed by atoms with Crippen LogP contribution < -0.4 is 0 Å². The molecular weight excluding hydrogens is 162 g/mol. The molecular formula is C11H11NO. The average Bonchev–Trinajstić information content (AvgIpc) is 2.29. The van der Waals surface area contributed by atoms with Gasteiger partial charge in [-0.05, 0) is 19.1 Å². The Morgan fingerprint density at radius 2 is 2.08 bits per heavy atom. The smallest absolute Gasteiger partial charge is 0.137 e. The molecule has 0 aromatic carbocycles. The Kier molecular flexibility index (Phi) is 1.89. The summed E-state index contributed by atoms with van der Waals surface area (Å²) in [5.74, 6) is 0.386. The summed E-state index contributed by atoms with van der Waals surface area (Å²) in [6, 6.07) is 0. The van der Waals surface area contributed by atoms with Crippen molar-refractivity contribution < 1.29 is 5.11 Å². The van der Waals surface area contributed by atoms with Crippen LogP contribution in [-0.4, -0.2) is 10.8 Å². The second kappa shape index (κ2) is 3.05. The first-order valence-electron chi connectivity index (χ1n) is 4.29. The molecule has 0 aromatic heterocycles. The molecule has 0 bridgehead atoms. The highest BCUT2D eigenvalue weighted by Gasteiger charge is 2.16. The Labute approximate surface area is 77.3 Å². The number of rotatable bonds is 0. The summed E-state index contributed by atoms with van der Waals surface area (Å²) in [4.78, 5) is 4.30. The average molecular weight is 173 g/mol. The van der Waals surface area contributed by atoms with Crippen LogP contribution in [0.1, 0.15) is 6.92 Å². The maximum absolute atomic E-state index is 9.61. The van der Waals surface area contributed by atoms with Gasteiger partial charge in [0.2, 0.25) is 0 Å². The van der Waals surface area contributed by atoms with Crippen LogP contribution in [0.2, 0.25) is 0 Å². The lowest BCUT2D eigenvalue weighted by atomic mass is 10.0. The van der Waals surface area contributed by atoms with Gasteiger partial charge in [-0.15, -0.1) is 0 Å². The summed E-state index contributed by atoms with van der Waals surface area (Å²) in [5.41, 5.74) is 1.67. The first-order chi connectivity index (χ1) is 6.27. The second-order valence-electron chi connectivity index (χ2n) is 3.15. The molecule has 0 saturated heterocycles. The van der Waals surface area contributed by atoms with Crippen molar-refractivity contribution in [2.24, 2.45) is 10.9 Å². The summed E-state index contributed by atoms with van der Waals surface area (Å²) < 4.78 is 0. The summed E-state index contributed by atoms with van der Waals surface area (Å²) in [5, 5.41) is 9.61. The zero-order valence-corrected chi connectivity index (χ0v) is 7.44. The number of allylic oxidation sites excluding steroid dienone is 5. The van der Waals surface area contributed by atoms with E-state index >= 15 is 0 Å². The minimum Gasteiger partial charge on any atom is -0.506 e. The van der Waals surface area contributed by atoms with E-state index in [4.69, 9.17) is 0 Å². The van der Waals surface area contributed by atoms with E-state index < -0.39 is 0 Å². The molecule has 2 heteroatoms. The standard InChI is InChI=1S/C11H11NO/c1-8-6-7-9-4-2-3-5-10(13)11(9)12-8/h2-7,9,13H,1H3. The van der Waals surface area contributed by atoms with Gasteiger partial charge in [0.25, 0.3) is 0 Å². The fourth-order valence-corrected chi connectivity index (χ4v) is 1.44. The maximum atomic E-state index is 9.61. The third-order valence-corrected chi connectivity index (χ3v) is 2.10. The summed E-state index contributed by atoms with van der Waals surface area (Å²) >= 11 is 0. The van der Waals surface area contributed by atoms with E-state index in [2.05, 4.69) is 4.99 Å². The molecule has 0 aromatic rings. The molecule has 0 spiro atoms. The van der Waals surface area contributed by atoms with Crippen molar-refractivity contribution in [1.82, 2.24) is 0 Å². The third kappa shape index (κ3) is 1.47. The van der Waals surface area contributed by atoms with Gasteiger partial charge in [0, 0.05) is 11.6 Å². The van der Waals surface area contributed by atoms with Gasteiger partial charge in [-0.3, -0.25) is 4.99 Å². The van der Waals surface area contributed by atoms with E-state index in [1.54, 1.807) is 6.08 Å².